The fourth-order valence-electron chi connectivity index (χ4n) is 5.87. The number of carboxylic acids is 1. The van der Waals surface area contributed by atoms with Crippen LogP contribution in [-0.2, 0) is 17.6 Å². The fourth-order valence-corrected chi connectivity index (χ4v) is 6.86. The summed E-state index contributed by atoms with van der Waals surface area (Å²) >= 11 is 1.44. The van der Waals surface area contributed by atoms with Crippen molar-refractivity contribution in [2.75, 3.05) is 13.1 Å². The van der Waals surface area contributed by atoms with Gasteiger partial charge in [0.2, 0.25) is 5.91 Å². The number of hydrogen-bond acceptors (Lipinski definition) is 6. The summed E-state index contributed by atoms with van der Waals surface area (Å²) < 4.78 is 48.1. The average Bonchev–Trinajstić information content (AvgIpc) is 3.61. The van der Waals surface area contributed by atoms with Gasteiger partial charge < -0.3 is 14.7 Å². The van der Waals surface area contributed by atoms with E-state index in [-0.39, 0.29) is 18.3 Å². The van der Waals surface area contributed by atoms with Gasteiger partial charge in [-0.2, -0.15) is 18.3 Å². The van der Waals surface area contributed by atoms with E-state index in [1.807, 2.05) is 30.0 Å². The van der Waals surface area contributed by atoms with E-state index >= 15 is 0 Å². The first-order chi connectivity index (χ1) is 21.0. The Bertz CT molecular complexity index is 1720. The lowest BCUT2D eigenvalue weighted by atomic mass is 9.86. The maximum Gasteiger partial charge on any atom is 0.434 e. The number of hydrogen-bond donors (Lipinski definition) is 1. The Morgan fingerprint density at radius 2 is 1.82 bits per heavy atom. The van der Waals surface area contributed by atoms with Gasteiger partial charge in [-0.1, -0.05) is 12.1 Å². The maximum atomic E-state index is 13.8. The third-order valence-corrected chi connectivity index (χ3v) is 9.31. The number of pyridine rings is 1. The number of rotatable bonds is 8. The molecule has 1 aromatic carbocycles. The topological polar surface area (TPSA) is 97.6 Å². The van der Waals surface area contributed by atoms with Crippen molar-refractivity contribution in [2.45, 2.75) is 58.2 Å². The number of amides is 1. The highest BCUT2D eigenvalue weighted by Crippen LogP contribution is 2.38. The minimum Gasteiger partial charge on any atom is -0.489 e. The number of likely N-dealkylation sites (tertiary alicyclic amines) is 1. The quantitative estimate of drug-likeness (QED) is 0.226. The Labute approximate surface area is 256 Å². The minimum absolute atomic E-state index is 0.144. The van der Waals surface area contributed by atoms with Gasteiger partial charge in [0.1, 0.15) is 17.9 Å². The van der Waals surface area contributed by atoms with E-state index in [4.69, 9.17) is 4.74 Å². The van der Waals surface area contributed by atoms with Gasteiger partial charge in [0.25, 0.3) is 0 Å². The largest absolute Gasteiger partial charge is 0.489 e. The number of nitrogens with zero attached hydrogens (tertiary/aromatic N) is 4. The molecule has 230 valence electrons. The summed E-state index contributed by atoms with van der Waals surface area (Å²) in [7, 11) is 0. The third kappa shape index (κ3) is 6.08. The molecule has 1 aliphatic carbocycles. The van der Waals surface area contributed by atoms with Crippen molar-refractivity contribution >= 4 is 23.2 Å². The molecule has 12 heteroatoms. The number of halogens is 3. The SMILES string of the molecule is Cc1cc(COc2ccc(C3CCN(C(=O)C4CC4)CC3)c(C)c2)c(-c2cccc(-n3ncc(C(=O)O)c3C(F)(F)F)n2)s1. The molecule has 0 unspecified atom stereocenters. The first-order valence-electron chi connectivity index (χ1n) is 14.5. The van der Waals surface area contributed by atoms with Crippen LogP contribution in [0, 0.1) is 19.8 Å². The molecule has 1 saturated heterocycles. The number of carboxylic acid groups (broad SMARTS) is 1. The van der Waals surface area contributed by atoms with Crippen molar-refractivity contribution in [1.29, 1.82) is 0 Å². The number of alkyl halides is 3. The first kappa shape index (κ1) is 29.9. The highest BCUT2D eigenvalue weighted by molar-refractivity contribution is 7.15. The summed E-state index contributed by atoms with van der Waals surface area (Å²) in [5.41, 5.74) is 1.32. The Balaban J connectivity index is 1.17. The zero-order valence-electron chi connectivity index (χ0n) is 24.2. The van der Waals surface area contributed by atoms with Crippen molar-refractivity contribution in [3.8, 4) is 22.1 Å². The van der Waals surface area contributed by atoms with Crippen molar-refractivity contribution in [3.05, 3.63) is 81.5 Å². The Hall–Kier alpha value is -4.19. The number of aromatic nitrogens is 3. The summed E-state index contributed by atoms with van der Waals surface area (Å²) in [5.74, 6) is -0.194. The molecule has 0 radical (unpaired) electrons. The van der Waals surface area contributed by atoms with Crippen LogP contribution in [0.5, 0.6) is 5.75 Å². The number of aryl methyl sites for hydroxylation is 2. The van der Waals surface area contributed by atoms with E-state index in [0.717, 1.165) is 59.7 Å². The van der Waals surface area contributed by atoms with Crippen LogP contribution in [0.2, 0.25) is 0 Å². The lowest BCUT2D eigenvalue weighted by molar-refractivity contribution is -0.143. The molecule has 0 spiro atoms. The number of carbonyl (C=O) groups is 2. The molecule has 3 aromatic heterocycles. The normalized spacial score (nSPS) is 15.9. The summed E-state index contributed by atoms with van der Waals surface area (Å²) in [6.07, 6.45) is -0.315. The third-order valence-electron chi connectivity index (χ3n) is 8.19. The van der Waals surface area contributed by atoms with Crippen molar-refractivity contribution < 1.29 is 32.6 Å². The van der Waals surface area contributed by atoms with Crippen molar-refractivity contribution in [1.82, 2.24) is 19.7 Å². The van der Waals surface area contributed by atoms with Crippen LogP contribution in [0.1, 0.15) is 69.2 Å². The van der Waals surface area contributed by atoms with Crippen LogP contribution in [0.3, 0.4) is 0 Å². The van der Waals surface area contributed by atoms with Crippen molar-refractivity contribution in [2.24, 2.45) is 5.92 Å². The van der Waals surface area contributed by atoms with Crippen LogP contribution >= 0.6 is 11.3 Å². The standard InChI is InChI=1S/C32H31F3N4O4S/c1-18-14-23(8-9-24(18)20-10-12-38(13-11-20)30(40)21-6-7-21)43-17-22-15-19(2)44-28(22)26-4-3-5-27(37-26)39-29(32(33,34)35)25(16-36-39)31(41)42/h3-5,8-9,14-16,20-21H,6-7,10-13,17H2,1-2H3,(H,41,42). The number of carbonyl (C=O) groups excluding carboxylic acids is 1. The molecular formula is C32H31F3N4O4S. The van der Waals surface area contributed by atoms with Crippen molar-refractivity contribution in [3.63, 3.8) is 0 Å². The lowest BCUT2D eigenvalue weighted by Crippen LogP contribution is -2.38. The molecule has 0 atom stereocenters. The molecule has 1 amide bonds. The smallest absolute Gasteiger partial charge is 0.434 e. The van der Waals surface area contributed by atoms with E-state index < -0.39 is 23.4 Å². The molecule has 4 aromatic rings. The Kier molecular flexibility index (Phi) is 7.95. The van der Waals surface area contributed by atoms with Crippen LogP contribution < -0.4 is 4.74 Å². The molecule has 1 aliphatic heterocycles. The highest BCUT2D eigenvalue weighted by atomic mass is 32.1. The lowest BCUT2D eigenvalue weighted by Gasteiger charge is -2.33. The monoisotopic (exact) mass is 624 g/mol. The van der Waals surface area contributed by atoms with Crippen LogP contribution in [0.25, 0.3) is 16.4 Å². The molecule has 0 bridgehead atoms. The molecule has 2 fully saturated rings. The molecular weight excluding hydrogens is 593 g/mol. The van der Waals surface area contributed by atoms with E-state index in [2.05, 4.69) is 23.1 Å². The number of piperidine rings is 1. The van der Waals surface area contributed by atoms with E-state index in [1.54, 1.807) is 12.1 Å². The predicted octanol–water partition coefficient (Wildman–Crippen LogP) is 7.02. The van der Waals surface area contributed by atoms with Gasteiger partial charge in [0, 0.05) is 29.4 Å². The first-order valence-corrected chi connectivity index (χ1v) is 15.3. The fraction of sp³-hybridized carbons (Fsp3) is 0.375. The second-order valence-electron chi connectivity index (χ2n) is 11.4. The summed E-state index contributed by atoms with van der Waals surface area (Å²) in [6, 6.07) is 12.6. The molecule has 2 aliphatic rings. The predicted molar refractivity (Wildman–Crippen MR) is 158 cm³/mol. The molecule has 1 saturated carbocycles. The second-order valence-corrected chi connectivity index (χ2v) is 12.7. The number of benzene rings is 1. The Morgan fingerprint density at radius 3 is 2.48 bits per heavy atom. The summed E-state index contributed by atoms with van der Waals surface area (Å²) in [4.78, 5) is 32.0. The zero-order valence-corrected chi connectivity index (χ0v) is 25.0. The molecule has 8 nitrogen and oxygen atoms in total. The maximum absolute atomic E-state index is 13.8. The molecule has 1 N–H and O–H groups in total. The van der Waals surface area contributed by atoms with E-state index in [9.17, 15) is 27.9 Å². The summed E-state index contributed by atoms with van der Waals surface area (Å²) in [6.45, 7) is 5.82. The van der Waals surface area contributed by atoms with Gasteiger partial charge in [-0.05, 0) is 86.9 Å². The van der Waals surface area contributed by atoms with Gasteiger partial charge in [0.15, 0.2) is 11.5 Å². The number of ether oxygens (including phenoxy) is 1. The van der Waals surface area contributed by atoms with Crippen LogP contribution in [-0.4, -0.2) is 49.7 Å². The van der Waals surface area contributed by atoms with Gasteiger partial charge in [0.05, 0.1) is 16.8 Å². The van der Waals surface area contributed by atoms with Gasteiger partial charge in [-0.3, -0.25) is 4.79 Å². The van der Waals surface area contributed by atoms with Crippen LogP contribution in [0.15, 0.2) is 48.7 Å². The number of thiophene rings is 1. The van der Waals surface area contributed by atoms with Gasteiger partial charge in [-0.15, -0.1) is 11.3 Å². The van der Waals surface area contributed by atoms with E-state index in [0.29, 0.717) is 34.1 Å². The van der Waals surface area contributed by atoms with Gasteiger partial charge >= 0.3 is 12.1 Å². The number of aromatic carboxylic acids is 1. The van der Waals surface area contributed by atoms with Gasteiger partial charge in [-0.25, -0.2) is 14.5 Å². The zero-order chi connectivity index (χ0) is 31.2. The van der Waals surface area contributed by atoms with E-state index in [1.165, 1.54) is 23.0 Å². The molecule has 44 heavy (non-hydrogen) atoms. The minimum atomic E-state index is -4.94. The molecule has 6 rings (SSSR count). The summed E-state index contributed by atoms with van der Waals surface area (Å²) in [5, 5.41) is 13.0. The Morgan fingerprint density at radius 1 is 1.07 bits per heavy atom. The molecule has 4 heterocycles. The van der Waals surface area contributed by atoms with Crippen LogP contribution in [0.4, 0.5) is 13.2 Å². The average molecular weight is 625 g/mol. The second kappa shape index (κ2) is 11.7. The highest BCUT2D eigenvalue weighted by Gasteiger charge is 2.41.